The van der Waals surface area contributed by atoms with Crippen molar-refractivity contribution in [3.8, 4) is 0 Å². The number of carbonyl (C=O) groups excluding carboxylic acids is 2. The molecule has 0 bridgehead atoms. The first-order valence-electron chi connectivity index (χ1n) is 6.37. The summed E-state index contributed by atoms with van der Waals surface area (Å²) < 4.78 is 15.6. The summed E-state index contributed by atoms with van der Waals surface area (Å²) in [6.45, 7) is 6.41. The number of hydrogen-bond donors (Lipinski definition) is 0. The minimum atomic E-state index is -0.963. The normalized spacial score (nSPS) is 32.9. The zero-order chi connectivity index (χ0) is 15.3. The lowest BCUT2D eigenvalue weighted by Gasteiger charge is -2.41. The highest BCUT2D eigenvalue weighted by Gasteiger charge is 2.43. The summed E-state index contributed by atoms with van der Waals surface area (Å²) in [5, 5.41) is 3.65. The van der Waals surface area contributed by atoms with Gasteiger partial charge in [-0.1, -0.05) is 19.0 Å². The quantitative estimate of drug-likeness (QED) is 0.338. The first kappa shape index (κ1) is 16.3. The number of carbonyl (C=O) groups is 2. The second-order valence-electron chi connectivity index (χ2n) is 4.87. The molecule has 5 atom stereocenters. The Balaban J connectivity index is 2.85. The van der Waals surface area contributed by atoms with Gasteiger partial charge in [-0.15, -0.1) is 0 Å². The molecule has 8 heteroatoms. The van der Waals surface area contributed by atoms with Crippen molar-refractivity contribution in [3.05, 3.63) is 10.4 Å². The van der Waals surface area contributed by atoms with Crippen LogP contribution in [0.25, 0.3) is 10.4 Å². The lowest BCUT2D eigenvalue weighted by atomic mass is 9.82. The van der Waals surface area contributed by atoms with Crippen LogP contribution in [0.3, 0.4) is 0 Å². The smallest absolute Gasteiger partial charge is 0.304 e. The van der Waals surface area contributed by atoms with Crippen LogP contribution in [0.4, 0.5) is 0 Å². The van der Waals surface area contributed by atoms with Gasteiger partial charge in [-0.25, -0.2) is 0 Å². The van der Waals surface area contributed by atoms with Gasteiger partial charge in [0.25, 0.3) is 0 Å². The Morgan fingerprint density at radius 2 is 1.90 bits per heavy atom. The van der Waals surface area contributed by atoms with Crippen LogP contribution in [0.2, 0.25) is 0 Å². The van der Waals surface area contributed by atoms with Crippen LogP contribution in [0.5, 0.6) is 0 Å². The maximum Gasteiger partial charge on any atom is 0.304 e. The van der Waals surface area contributed by atoms with Crippen LogP contribution in [0, 0.1) is 11.8 Å². The zero-order valence-electron chi connectivity index (χ0n) is 12.0. The summed E-state index contributed by atoms with van der Waals surface area (Å²) in [6.07, 6.45) is -1.38. The van der Waals surface area contributed by atoms with Crippen LogP contribution in [0.15, 0.2) is 5.11 Å². The van der Waals surface area contributed by atoms with E-state index >= 15 is 0 Å². The molecule has 0 aromatic heterocycles. The largest absolute Gasteiger partial charge is 0.463 e. The standard InChI is InChI=1S/C12H19N3O5/c1-6-7(2)11(14-15-13)12(19-9(4)17)20-10(6)5-18-8(3)16/h6-7,10-12H,5H2,1-4H3/t6-,7-,10?,11?,12?/m0/s1. The number of nitrogens with zero attached hydrogens (tertiary/aromatic N) is 3. The Morgan fingerprint density at radius 3 is 2.40 bits per heavy atom. The molecule has 112 valence electrons. The van der Waals surface area contributed by atoms with Gasteiger partial charge in [-0.2, -0.15) is 0 Å². The van der Waals surface area contributed by atoms with E-state index in [2.05, 4.69) is 10.0 Å². The van der Waals surface area contributed by atoms with Gasteiger partial charge in [0, 0.05) is 18.8 Å². The predicted octanol–water partition coefficient (Wildman–Crippen LogP) is 1.79. The molecule has 20 heavy (non-hydrogen) atoms. The fourth-order valence-corrected chi connectivity index (χ4v) is 2.14. The van der Waals surface area contributed by atoms with Crippen LogP contribution < -0.4 is 0 Å². The molecule has 1 rings (SSSR count). The summed E-state index contributed by atoms with van der Waals surface area (Å²) >= 11 is 0. The summed E-state index contributed by atoms with van der Waals surface area (Å²) in [4.78, 5) is 24.7. The minimum absolute atomic E-state index is 0.0170. The Bertz CT molecular complexity index is 421. The second kappa shape index (κ2) is 7.12. The molecule has 0 amide bonds. The lowest BCUT2D eigenvalue weighted by Crippen LogP contribution is -2.51. The third kappa shape index (κ3) is 4.11. The SMILES string of the molecule is CC(=O)OCC1OC(OC(C)=O)C(N=[N+]=[N-])[C@@H](C)[C@@H]1C. The lowest BCUT2D eigenvalue weighted by molar-refractivity contribution is -0.234. The monoisotopic (exact) mass is 285 g/mol. The molecule has 1 fully saturated rings. The molecule has 8 nitrogen and oxygen atoms in total. The highest BCUT2D eigenvalue weighted by atomic mass is 16.7. The van der Waals surface area contributed by atoms with E-state index in [9.17, 15) is 9.59 Å². The average molecular weight is 285 g/mol. The third-order valence-electron chi connectivity index (χ3n) is 3.46. The number of azide groups is 1. The molecule has 0 aromatic carbocycles. The molecule has 1 saturated heterocycles. The van der Waals surface area contributed by atoms with Crippen LogP contribution in [0.1, 0.15) is 27.7 Å². The van der Waals surface area contributed by atoms with Crippen molar-refractivity contribution in [2.45, 2.75) is 46.1 Å². The number of rotatable bonds is 4. The van der Waals surface area contributed by atoms with Gasteiger partial charge >= 0.3 is 11.9 Å². The maximum atomic E-state index is 11.1. The van der Waals surface area contributed by atoms with Crippen LogP contribution in [-0.4, -0.2) is 37.0 Å². The topological polar surface area (TPSA) is 111 Å². The molecular weight excluding hydrogens is 266 g/mol. The van der Waals surface area contributed by atoms with Gasteiger partial charge in [0.2, 0.25) is 6.29 Å². The molecule has 0 saturated carbocycles. The summed E-state index contributed by atoms with van der Waals surface area (Å²) in [5.41, 5.74) is 8.61. The molecule has 1 aliphatic heterocycles. The first-order valence-corrected chi connectivity index (χ1v) is 6.37. The van der Waals surface area contributed by atoms with Crippen molar-refractivity contribution in [2.75, 3.05) is 6.61 Å². The zero-order valence-corrected chi connectivity index (χ0v) is 12.0. The molecule has 0 spiro atoms. The Kier molecular flexibility index (Phi) is 5.79. The van der Waals surface area contributed by atoms with Crippen LogP contribution >= 0.6 is 0 Å². The van der Waals surface area contributed by atoms with Crippen molar-refractivity contribution in [2.24, 2.45) is 17.0 Å². The molecule has 3 unspecified atom stereocenters. The number of hydrogen-bond acceptors (Lipinski definition) is 6. The van der Waals surface area contributed by atoms with E-state index in [-0.39, 0.29) is 18.4 Å². The van der Waals surface area contributed by atoms with Gasteiger partial charge < -0.3 is 14.2 Å². The average Bonchev–Trinajstić information content (AvgIpc) is 2.36. The highest BCUT2D eigenvalue weighted by Crippen LogP contribution is 2.33. The van der Waals surface area contributed by atoms with Gasteiger partial charge in [0.15, 0.2) is 0 Å². The minimum Gasteiger partial charge on any atom is -0.463 e. The molecule has 0 radical (unpaired) electrons. The first-order chi connectivity index (χ1) is 9.36. The third-order valence-corrected chi connectivity index (χ3v) is 3.46. The second-order valence-corrected chi connectivity index (χ2v) is 4.87. The fraction of sp³-hybridized carbons (Fsp3) is 0.833. The van der Waals surface area contributed by atoms with Gasteiger partial charge in [0.05, 0.1) is 6.10 Å². The Hall–Kier alpha value is -1.79. The fourth-order valence-electron chi connectivity index (χ4n) is 2.14. The van der Waals surface area contributed by atoms with E-state index in [0.29, 0.717) is 0 Å². The molecule has 1 heterocycles. The van der Waals surface area contributed by atoms with Gasteiger partial charge in [-0.3, -0.25) is 9.59 Å². The Labute approximate surface area is 117 Å². The number of ether oxygens (including phenoxy) is 3. The Morgan fingerprint density at radius 1 is 1.25 bits per heavy atom. The van der Waals surface area contributed by atoms with Gasteiger partial charge in [0.1, 0.15) is 12.6 Å². The van der Waals surface area contributed by atoms with E-state index in [1.54, 1.807) is 0 Å². The van der Waals surface area contributed by atoms with Crippen molar-refractivity contribution >= 4 is 11.9 Å². The van der Waals surface area contributed by atoms with Crippen LogP contribution in [-0.2, 0) is 23.8 Å². The number of esters is 2. The van der Waals surface area contributed by atoms with E-state index < -0.39 is 30.4 Å². The van der Waals surface area contributed by atoms with E-state index in [4.69, 9.17) is 19.7 Å². The molecule has 0 aliphatic carbocycles. The highest BCUT2D eigenvalue weighted by molar-refractivity contribution is 5.66. The molecule has 0 aromatic rings. The van der Waals surface area contributed by atoms with Crippen molar-refractivity contribution in [3.63, 3.8) is 0 Å². The van der Waals surface area contributed by atoms with Crippen molar-refractivity contribution < 1.29 is 23.8 Å². The van der Waals surface area contributed by atoms with E-state index in [1.165, 1.54) is 13.8 Å². The summed E-state index contributed by atoms with van der Waals surface area (Å²) in [7, 11) is 0. The summed E-state index contributed by atoms with van der Waals surface area (Å²) in [6, 6.07) is -0.604. The predicted molar refractivity (Wildman–Crippen MR) is 68.3 cm³/mol. The van der Waals surface area contributed by atoms with E-state index in [0.717, 1.165) is 0 Å². The molecule has 1 aliphatic rings. The molecular formula is C12H19N3O5. The van der Waals surface area contributed by atoms with Crippen molar-refractivity contribution in [1.29, 1.82) is 0 Å². The van der Waals surface area contributed by atoms with E-state index in [1.807, 2.05) is 13.8 Å². The summed E-state index contributed by atoms with van der Waals surface area (Å²) in [5.74, 6) is -1.03. The van der Waals surface area contributed by atoms with Crippen molar-refractivity contribution in [1.82, 2.24) is 0 Å². The maximum absolute atomic E-state index is 11.1. The molecule has 0 N–H and O–H groups in total. The van der Waals surface area contributed by atoms with Gasteiger partial charge in [-0.05, 0) is 17.4 Å².